The van der Waals surface area contributed by atoms with Crippen LogP contribution in [0.1, 0.15) is 0 Å². The zero-order valence-electron chi connectivity index (χ0n) is 8.12. The molecule has 0 aromatic rings. The maximum Gasteiger partial charge on any atom is 0.631 e. The predicted octanol–water partition coefficient (Wildman–Crippen LogP) is -8.21. The summed E-state index contributed by atoms with van der Waals surface area (Å²) in [5, 5.41) is 86.0. The first kappa shape index (κ1) is 30.9. The van der Waals surface area contributed by atoms with Crippen molar-refractivity contribution in [3.05, 3.63) is 0 Å². The Kier molecular flexibility index (Phi) is 46.9. The van der Waals surface area contributed by atoms with E-state index >= 15 is 0 Å². The molecule has 17 heavy (non-hydrogen) atoms. The SMILES string of the molecule is OB(O)O.OB(O)O.OB(O)O.OB(O)O.[Pm]. The molecule has 0 aliphatic carbocycles. The van der Waals surface area contributed by atoms with Gasteiger partial charge in [-0.15, -0.1) is 0 Å². The molecule has 0 heterocycles. The van der Waals surface area contributed by atoms with Crippen LogP contribution < -0.4 is 0 Å². The Morgan fingerprint density at radius 2 is 0.294 bits per heavy atom. The zero-order chi connectivity index (χ0) is 14.3. The molecule has 0 spiro atoms. The smallest absolute Gasteiger partial charge is 0.402 e. The summed E-state index contributed by atoms with van der Waals surface area (Å²) in [6.45, 7) is 0. The first-order valence-corrected chi connectivity index (χ1v) is 3.10. The van der Waals surface area contributed by atoms with Crippen LogP contribution in [0.2, 0.25) is 0 Å². The summed E-state index contributed by atoms with van der Waals surface area (Å²) in [4.78, 5) is 0. The van der Waals surface area contributed by atoms with Crippen LogP contribution in [0.15, 0.2) is 0 Å². The molecule has 0 atom stereocenters. The first-order chi connectivity index (χ1) is 6.93. The normalized spacial score (nSPS) is 6.35. The fourth-order valence-electron chi connectivity index (χ4n) is 0. The van der Waals surface area contributed by atoms with Gasteiger partial charge >= 0.3 is 29.3 Å². The summed E-state index contributed by atoms with van der Waals surface area (Å²) < 4.78 is 0. The van der Waals surface area contributed by atoms with Gasteiger partial charge in [0.05, 0.1) is 0 Å². The van der Waals surface area contributed by atoms with E-state index in [-0.39, 0.29) is 40.4 Å². The van der Waals surface area contributed by atoms with Crippen LogP contribution in [0.25, 0.3) is 0 Å². The molecule has 0 bridgehead atoms. The molecule has 0 fully saturated rings. The number of hydrogen-bond donors (Lipinski definition) is 12. The standard InChI is InChI=1S/4BH3O3.Pm/c4*2-1(3)4;/h4*2-4H;. The van der Waals surface area contributed by atoms with E-state index in [1.807, 2.05) is 0 Å². The third-order valence-corrected chi connectivity index (χ3v) is 0. The van der Waals surface area contributed by atoms with Crippen LogP contribution in [-0.4, -0.2) is 89.6 Å². The second kappa shape index (κ2) is 25.8. The van der Waals surface area contributed by atoms with Crippen LogP contribution >= 0.6 is 0 Å². The minimum Gasteiger partial charge on any atom is -0.402 e. The predicted molar refractivity (Wildman–Crippen MR) is 49.6 cm³/mol. The third kappa shape index (κ3) is 3130. The van der Waals surface area contributed by atoms with E-state index < -0.39 is 29.3 Å². The van der Waals surface area contributed by atoms with Crippen molar-refractivity contribution in [2.24, 2.45) is 0 Å². The quantitative estimate of drug-likeness (QED) is 0.172. The summed E-state index contributed by atoms with van der Waals surface area (Å²) in [5.74, 6) is 0. The topological polar surface area (TPSA) is 243 Å². The second-order valence-corrected chi connectivity index (χ2v) is 1.39. The van der Waals surface area contributed by atoms with Crippen LogP contribution in [0, 0.1) is 40.4 Å². The van der Waals surface area contributed by atoms with Crippen molar-refractivity contribution >= 4 is 29.3 Å². The third-order valence-electron chi connectivity index (χ3n) is 0. The van der Waals surface area contributed by atoms with Gasteiger partial charge in [-0.25, -0.2) is 0 Å². The fourth-order valence-corrected chi connectivity index (χ4v) is 0. The minimum atomic E-state index is -2.17. The summed E-state index contributed by atoms with van der Waals surface area (Å²) in [6.07, 6.45) is 0. The zero-order valence-corrected chi connectivity index (χ0v) is 11.0. The molecule has 1 radical (unpaired) electrons. The van der Waals surface area contributed by atoms with Crippen LogP contribution in [0.5, 0.6) is 0 Å². The van der Waals surface area contributed by atoms with Crippen molar-refractivity contribution in [1.29, 1.82) is 0 Å². The molecule has 0 amide bonds. The van der Waals surface area contributed by atoms with Gasteiger partial charge in [0, 0.05) is 40.4 Å². The van der Waals surface area contributed by atoms with Gasteiger partial charge in [0.1, 0.15) is 0 Å². The molecule has 0 rings (SSSR count). The Morgan fingerprint density at radius 3 is 0.294 bits per heavy atom. The van der Waals surface area contributed by atoms with Gasteiger partial charge in [0.15, 0.2) is 0 Å². The van der Waals surface area contributed by atoms with Crippen LogP contribution in [0.3, 0.4) is 0 Å². The van der Waals surface area contributed by atoms with E-state index in [4.69, 9.17) is 60.3 Å². The average molecular weight is 392 g/mol. The molecular weight excluding hydrogens is 380 g/mol. The second-order valence-electron chi connectivity index (χ2n) is 1.39. The van der Waals surface area contributed by atoms with Gasteiger partial charge in [0.25, 0.3) is 0 Å². The summed E-state index contributed by atoms with van der Waals surface area (Å²) in [5.41, 5.74) is 0. The fraction of sp³-hybridized carbons (Fsp3) is 0. The largest absolute Gasteiger partial charge is 0.631 e. The van der Waals surface area contributed by atoms with Crippen molar-refractivity contribution < 1.29 is 101 Å². The maximum atomic E-state index is 7.17. The van der Waals surface area contributed by atoms with Crippen molar-refractivity contribution in [3.8, 4) is 0 Å². The first-order valence-electron chi connectivity index (χ1n) is 3.10. The Labute approximate surface area is 129 Å². The Morgan fingerprint density at radius 1 is 0.294 bits per heavy atom. The Balaban J connectivity index is -0.0000000369. The van der Waals surface area contributed by atoms with E-state index in [0.717, 1.165) is 0 Å². The average Bonchev–Trinajstić information content (AvgIpc) is 1.76. The van der Waals surface area contributed by atoms with Gasteiger partial charge < -0.3 is 60.3 Å². The van der Waals surface area contributed by atoms with E-state index in [1.54, 1.807) is 0 Å². The maximum absolute atomic E-state index is 7.17. The summed E-state index contributed by atoms with van der Waals surface area (Å²) >= 11 is 0. The molecule has 12 N–H and O–H groups in total. The van der Waals surface area contributed by atoms with E-state index in [0.29, 0.717) is 0 Å². The molecule has 0 saturated heterocycles. The summed E-state index contributed by atoms with van der Waals surface area (Å²) in [6, 6.07) is 0. The van der Waals surface area contributed by atoms with Crippen molar-refractivity contribution in [3.63, 3.8) is 0 Å². The van der Waals surface area contributed by atoms with Crippen molar-refractivity contribution in [2.45, 2.75) is 0 Å². The van der Waals surface area contributed by atoms with E-state index in [1.165, 1.54) is 0 Å². The molecule has 0 aliphatic heterocycles. The molecular formula is H12B4O12Pm. The van der Waals surface area contributed by atoms with Crippen molar-refractivity contribution in [2.75, 3.05) is 0 Å². The van der Waals surface area contributed by atoms with Gasteiger partial charge in [0.2, 0.25) is 0 Å². The molecule has 0 aromatic carbocycles. The molecule has 12 nitrogen and oxygen atoms in total. The molecule has 17 heteroatoms. The van der Waals surface area contributed by atoms with Gasteiger partial charge in [-0.2, -0.15) is 0 Å². The van der Waals surface area contributed by atoms with Gasteiger partial charge in [-0.3, -0.25) is 0 Å². The number of rotatable bonds is 0. The van der Waals surface area contributed by atoms with E-state index in [9.17, 15) is 0 Å². The van der Waals surface area contributed by atoms with Gasteiger partial charge in [-0.05, 0) is 0 Å². The molecule has 0 unspecified atom stereocenters. The molecule has 0 aliphatic rings. The summed E-state index contributed by atoms with van der Waals surface area (Å²) in [7, 11) is -8.67. The molecule has 0 saturated carbocycles. The van der Waals surface area contributed by atoms with Crippen LogP contribution in [0.4, 0.5) is 0 Å². The minimum absolute atomic E-state index is 0. The number of hydrogen-bond acceptors (Lipinski definition) is 12. The van der Waals surface area contributed by atoms with Crippen molar-refractivity contribution in [1.82, 2.24) is 0 Å². The van der Waals surface area contributed by atoms with Crippen LogP contribution in [-0.2, 0) is 0 Å². The van der Waals surface area contributed by atoms with Gasteiger partial charge in [-0.1, -0.05) is 0 Å². The Hall–Kier alpha value is 1.12. The molecule has 0 aromatic heterocycles. The monoisotopic (exact) mass is 393 g/mol. The Bertz CT molecular complexity index is 61.5. The molecule has 101 valence electrons. The van der Waals surface area contributed by atoms with E-state index in [2.05, 4.69) is 0 Å².